The van der Waals surface area contributed by atoms with E-state index in [1.54, 1.807) is 6.92 Å². The van der Waals surface area contributed by atoms with Gasteiger partial charge in [-0.15, -0.1) is 0 Å². The lowest BCUT2D eigenvalue weighted by atomic mass is 10.3. The second-order valence-corrected chi connectivity index (χ2v) is 2.13. The van der Waals surface area contributed by atoms with E-state index in [4.69, 9.17) is 5.11 Å². The molecule has 0 spiro atoms. The van der Waals surface area contributed by atoms with Crippen LogP contribution < -0.4 is 5.43 Å². The van der Waals surface area contributed by atoms with Gasteiger partial charge in [-0.25, -0.2) is 4.79 Å². The molecule has 1 unspecified atom stereocenters. The summed E-state index contributed by atoms with van der Waals surface area (Å²) in [4.78, 5) is 10.9. The van der Waals surface area contributed by atoms with Crippen LogP contribution in [0.25, 0.3) is 0 Å². The van der Waals surface area contributed by atoms with Crippen LogP contribution in [0.2, 0.25) is 0 Å². The van der Waals surface area contributed by atoms with E-state index in [0.717, 1.165) is 0 Å². The van der Waals surface area contributed by atoms with Crippen LogP contribution in [0.3, 0.4) is 0 Å². The molecule has 1 rings (SSSR count). The number of carbonyl (C=O) groups excluding carboxylic acids is 1. The molecule has 1 aliphatic heterocycles. The number of carbonyl (C=O) groups is 1. The lowest BCUT2D eigenvalue weighted by Crippen LogP contribution is -2.20. The Morgan fingerprint density at radius 1 is 2.00 bits per heavy atom. The Morgan fingerprint density at radius 3 is 3.18 bits per heavy atom. The molecule has 0 saturated heterocycles. The van der Waals surface area contributed by atoms with E-state index < -0.39 is 12.2 Å². The maximum absolute atomic E-state index is 10.9. The first-order valence-electron chi connectivity index (χ1n) is 3.41. The van der Waals surface area contributed by atoms with Gasteiger partial charge < -0.3 is 9.84 Å². The summed E-state index contributed by atoms with van der Waals surface area (Å²) in [5, 5.41) is 12.5. The van der Waals surface area contributed by atoms with Gasteiger partial charge in [0.25, 0.3) is 0 Å². The number of rotatable bonds is 2. The molecular formula is C6H10N2O3. The fourth-order valence-electron chi connectivity index (χ4n) is 0.770. The molecule has 0 saturated carbocycles. The monoisotopic (exact) mass is 158 g/mol. The van der Waals surface area contributed by atoms with Gasteiger partial charge >= 0.3 is 5.97 Å². The minimum absolute atomic E-state index is 0.221. The molecule has 1 aliphatic rings. The Morgan fingerprint density at radius 2 is 2.73 bits per heavy atom. The quantitative estimate of drug-likeness (QED) is 0.517. The third-order valence-corrected chi connectivity index (χ3v) is 1.25. The summed E-state index contributed by atoms with van der Waals surface area (Å²) in [6.07, 6.45) is -0.520. The highest BCUT2D eigenvalue weighted by Gasteiger charge is 2.22. The first-order chi connectivity index (χ1) is 5.24. The van der Waals surface area contributed by atoms with E-state index in [9.17, 15) is 4.79 Å². The van der Waals surface area contributed by atoms with Crippen molar-refractivity contribution in [3.05, 3.63) is 0 Å². The summed E-state index contributed by atoms with van der Waals surface area (Å²) in [6, 6.07) is 0. The number of hydrogen-bond donors (Lipinski definition) is 2. The number of hydrazone groups is 1. The zero-order chi connectivity index (χ0) is 8.27. The summed E-state index contributed by atoms with van der Waals surface area (Å²) < 4.78 is 4.65. The van der Waals surface area contributed by atoms with Crippen LogP contribution in [0.5, 0.6) is 0 Å². The van der Waals surface area contributed by atoms with Crippen molar-refractivity contribution in [2.24, 2.45) is 5.10 Å². The molecule has 11 heavy (non-hydrogen) atoms. The van der Waals surface area contributed by atoms with Crippen molar-refractivity contribution in [2.45, 2.75) is 19.6 Å². The lowest BCUT2D eigenvalue weighted by Gasteiger charge is -1.99. The molecule has 0 bridgehead atoms. The predicted octanol–water partition coefficient (Wildman–Crippen LogP) is -0.783. The van der Waals surface area contributed by atoms with Gasteiger partial charge in [0.15, 0.2) is 0 Å². The number of esters is 1. The molecule has 2 N–H and O–H groups in total. The molecule has 5 heteroatoms. The van der Waals surface area contributed by atoms with Crippen LogP contribution in [-0.2, 0) is 9.53 Å². The van der Waals surface area contributed by atoms with Gasteiger partial charge in [0, 0.05) is 6.42 Å². The number of nitrogens with one attached hydrogen (secondary N) is 1. The molecule has 0 aliphatic carbocycles. The van der Waals surface area contributed by atoms with Gasteiger partial charge in [-0.05, 0) is 6.92 Å². The second-order valence-electron chi connectivity index (χ2n) is 2.13. The maximum Gasteiger partial charge on any atom is 0.354 e. The van der Waals surface area contributed by atoms with E-state index in [0.29, 0.717) is 6.61 Å². The maximum atomic E-state index is 10.9. The van der Waals surface area contributed by atoms with Crippen LogP contribution in [0.1, 0.15) is 13.3 Å². The predicted molar refractivity (Wildman–Crippen MR) is 37.8 cm³/mol. The third kappa shape index (κ3) is 1.91. The average Bonchev–Trinajstić information content (AvgIpc) is 2.36. The molecule has 1 heterocycles. The normalized spacial score (nSPS) is 22.4. The standard InChI is InChI=1S/C6H10N2O3/c1-2-11-6(10)4-3-5(9)8-7-4/h5,8-9H,2-3H2,1H3. The molecule has 1 atom stereocenters. The highest BCUT2D eigenvalue weighted by Crippen LogP contribution is 2.01. The van der Waals surface area contributed by atoms with E-state index >= 15 is 0 Å². The van der Waals surface area contributed by atoms with E-state index in [1.165, 1.54) is 0 Å². The van der Waals surface area contributed by atoms with Crippen molar-refractivity contribution in [2.75, 3.05) is 6.61 Å². The fourth-order valence-corrected chi connectivity index (χ4v) is 0.770. The highest BCUT2D eigenvalue weighted by molar-refractivity contribution is 6.36. The smallest absolute Gasteiger partial charge is 0.354 e. The second kappa shape index (κ2) is 3.34. The molecule has 0 aromatic carbocycles. The molecule has 62 valence electrons. The van der Waals surface area contributed by atoms with Gasteiger partial charge in [0.2, 0.25) is 0 Å². The average molecular weight is 158 g/mol. The number of aliphatic hydroxyl groups excluding tert-OH is 1. The van der Waals surface area contributed by atoms with E-state index in [-0.39, 0.29) is 12.1 Å². The topological polar surface area (TPSA) is 70.9 Å². The zero-order valence-corrected chi connectivity index (χ0v) is 6.20. The Balaban J connectivity index is 2.43. The number of aliphatic hydroxyl groups is 1. The van der Waals surface area contributed by atoms with Gasteiger partial charge in [0.1, 0.15) is 11.9 Å². The Labute approximate surface area is 64.0 Å². The lowest BCUT2D eigenvalue weighted by molar-refractivity contribution is -0.135. The van der Waals surface area contributed by atoms with Crippen molar-refractivity contribution < 1.29 is 14.6 Å². The fraction of sp³-hybridized carbons (Fsp3) is 0.667. The molecule has 0 aromatic rings. The van der Waals surface area contributed by atoms with Crippen molar-refractivity contribution in [3.8, 4) is 0 Å². The van der Waals surface area contributed by atoms with Crippen LogP contribution in [-0.4, -0.2) is 29.6 Å². The van der Waals surface area contributed by atoms with Gasteiger partial charge in [-0.1, -0.05) is 0 Å². The number of hydrogen-bond acceptors (Lipinski definition) is 5. The first kappa shape index (κ1) is 8.00. The molecule has 0 aromatic heterocycles. The zero-order valence-electron chi connectivity index (χ0n) is 6.20. The Bertz CT molecular complexity index is 190. The van der Waals surface area contributed by atoms with Crippen LogP contribution in [0.4, 0.5) is 0 Å². The van der Waals surface area contributed by atoms with Gasteiger partial charge in [-0.3, -0.25) is 5.43 Å². The largest absolute Gasteiger partial charge is 0.461 e. The Kier molecular flexibility index (Phi) is 2.43. The summed E-state index contributed by atoms with van der Waals surface area (Å²) >= 11 is 0. The molecule has 0 radical (unpaired) electrons. The minimum Gasteiger partial charge on any atom is -0.461 e. The summed E-state index contributed by atoms with van der Waals surface area (Å²) in [6.45, 7) is 2.05. The van der Waals surface area contributed by atoms with Gasteiger partial charge in [0.05, 0.1) is 6.61 Å². The highest BCUT2D eigenvalue weighted by atomic mass is 16.5. The van der Waals surface area contributed by atoms with Crippen molar-refractivity contribution >= 4 is 11.7 Å². The summed E-state index contributed by atoms with van der Waals surface area (Å²) in [5.41, 5.74) is 2.60. The number of ether oxygens (including phenoxy) is 1. The summed E-state index contributed by atoms with van der Waals surface area (Å²) in [5.74, 6) is -0.462. The SMILES string of the molecule is CCOC(=O)C1=NNC(O)C1. The van der Waals surface area contributed by atoms with E-state index in [2.05, 4.69) is 15.3 Å². The van der Waals surface area contributed by atoms with Crippen LogP contribution in [0.15, 0.2) is 5.10 Å². The number of nitrogens with zero attached hydrogens (tertiary/aromatic N) is 1. The third-order valence-electron chi connectivity index (χ3n) is 1.25. The molecule has 5 nitrogen and oxygen atoms in total. The van der Waals surface area contributed by atoms with Crippen molar-refractivity contribution in [1.82, 2.24) is 5.43 Å². The first-order valence-corrected chi connectivity index (χ1v) is 3.41. The molecule has 0 amide bonds. The van der Waals surface area contributed by atoms with Gasteiger partial charge in [-0.2, -0.15) is 5.10 Å². The summed E-state index contributed by atoms with van der Waals surface area (Å²) in [7, 11) is 0. The molecular weight excluding hydrogens is 148 g/mol. The minimum atomic E-state index is -0.741. The molecule has 0 fully saturated rings. The van der Waals surface area contributed by atoms with Crippen LogP contribution >= 0.6 is 0 Å². The van der Waals surface area contributed by atoms with Crippen molar-refractivity contribution in [3.63, 3.8) is 0 Å². The Hall–Kier alpha value is -1.10. The van der Waals surface area contributed by atoms with Crippen molar-refractivity contribution in [1.29, 1.82) is 0 Å². The van der Waals surface area contributed by atoms with Crippen LogP contribution in [0, 0.1) is 0 Å². The van der Waals surface area contributed by atoms with E-state index in [1.807, 2.05) is 0 Å².